The number of aromatic amines is 1. The number of rotatable bonds is 7. The van der Waals surface area contributed by atoms with Crippen molar-refractivity contribution in [2.45, 2.75) is 55.6 Å². The van der Waals surface area contributed by atoms with E-state index in [-0.39, 0.29) is 5.39 Å². The molecule has 6 rings (SSSR count). The lowest BCUT2D eigenvalue weighted by molar-refractivity contribution is -0.0480. The Morgan fingerprint density at radius 2 is 1.94 bits per heavy atom. The smallest absolute Gasteiger partial charge is 0.261 e. The molecular weight excluding hydrogens is 467 g/mol. The Labute approximate surface area is 209 Å². The van der Waals surface area contributed by atoms with E-state index in [4.69, 9.17) is 9.47 Å². The molecule has 3 saturated heterocycles. The van der Waals surface area contributed by atoms with Crippen LogP contribution < -0.4 is 15.6 Å². The minimum absolute atomic E-state index is 0.00501. The van der Waals surface area contributed by atoms with Crippen LogP contribution in [0.1, 0.15) is 44.3 Å². The zero-order valence-corrected chi connectivity index (χ0v) is 21.0. The molecule has 190 valence electrons. The van der Waals surface area contributed by atoms with Gasteiger partial charge in [-0.3, -0.25) is 4.79 Å². The Bertz CT molecular complexity index is 1100. The fraction of sp³-hybridized carbons (Fsp3) is 0.692. The van der Waals surface area contributed by atoms with Gasteiger partial charge in [0.25, 0.3) is 5.56 Å². The lowest BCUT2D eigenvalue weighted by atomic mass is 9.61. The van der Waals surface area contributed by atoms with Crippen LogP contribution in [0.15, 0.2) is 16.9 Å². The monoisotopic (exact) mass is 502 g/mol. The maximum absolute atomic E-state index is 14.8. The van der Waals surface area contributed by atoms with E-state index in [2.05, 4.69) is 20.2 Å². The second kappa shape index (κ2) is 10.00. The van der Waals surface area contributed by atoms with Gasteiger partial charge >= 0.3 is 0 Å². The van der Waals surface area contributed by atoms with E-state index < -0.39 is 11.4 Å². The predicted molar refractivity (Wildman–Crippen MR) is 136 cm³/mol. The van der Waals surface area contributed by atoms with Gasteiger partial charge < -0.3 is 24.7 Å². The van der Waals surface area contributed by atoms with Crippen LogP contribution in [0.3, 0.4) is 0 Å². The predicted octanol–water partition coefficient (Wildman–Crippen LogP) is 3.32. The number of fused-ring (bicyclic) bond motifs is 1. The van der Waals surface area contributed by atoms with Crippen LogP contribution in [-0.2, 0) is 10.5 Å². The summed E-state index contributed by atoms with van der Waals surface area (Å²) in [4.78, 5) is 22.5. The van der Waals surface area contributed by atoms with Gasteiger partial charge in [-0.05, 0) is 62.9 Å². The highest BCUT2D eigenvalue weighted by Gasteiger charge is 2.50. The lowest BCUT2D eigenvalue weighted by Gasteiger charge is -2.58. The number of benzene rings is 1. The van der Waals surface area contributed by atoms with Crippen molar-refractivity contribution in [3.05, 3.63) is 34.1 Å². The number of H-pyrrole nitrogens is 1. The highest BCUT2D eigenvalue weighted by Crippen LogP contribution is 2.47. The molecule has 4 fully saturated rings. The van der Waals surface area contributed by atoms with Gasteiger partial charge in [0.2, 0.25) is 0 Å². The Morgan fingerprint density at radius 1 is 1.17 bits per heavy atom. The SMILES string of the molecule is O=c1[nH]c(CSC2CCOCC2)nc2cc(OCC3CCN(C4CC5(CNC5)C4)CC3)cc(F)c12. The summed E-state index contributed by atoms with van der Waals surface area (Å²) in [5.41, 5.74) is 0.555. The van der Waals surface area contributed by atoms with Gasteiger partial charge in [0, 0.05) is 49.7 Å². The van der Waals surface area contributed by atoms with Gasteiger partial charge in [-0.1, -0.05) is 0 Å². The average molecular weight is 503 g/mol. The first-order valence-corrected chi connectivity index (χ1v) is 14.1. The summed E-state index contributed by atoms with van der Waals surface area (Å²) in [6.45, 7) is 6.79. The minimum Gasteiger partial charge on any atom is -0.493 e. The molecule has 1 spiro atoms. The Morgan fingerprint density at radius 3 is 2.66 bits per heavy atom. The van der Waals surface area contributed by atoms with Crippen LogP contribution in [-0.4, -0.2) is 72.2 Å². The van der Waals surface area contributed by atoms with Crippen molar-refractivity contribution in [1.82, 2.24) is 20.2 Å². The van der Waals surface area contributed by atoms with Crippen LogP contribution in [0.25, 0.3) is 10.9 Å². The molecule has 9 heteroatoms. The van der Waals surface area contributed by atoms with E-state index >= 15 is 0 Å². The van der Waals surface area contributed by atoms with Gasteiger partial charge in [-0.15, -0.1) is 0 Å². The second-order valence-corrected chi connectivity index (χ2v) is 12.2. The van der Waals surface area contributed by atoms with E-state index in [0.29, 0.717) is 46.0 Å². The quantitative estimate of drug-likeness (QED) is 0.601. The molecule has 7 nitrogen and oxygen atoms in total. The number of nitrogens with one attached hydrogen (secondary N) is 2. The molecule has 0 radical (unpaired) electrons. The minimum atomic E-state index is -0.575. The fourth-order valence-electron chi connectivity index (χ4n) is 6.10. The first kappa shape index (κ1) is 23.7. The third-order valence-electron chi connectivity index (χ3n) is 8.40. The topological polar surface area (TPSA) is 79.5 Å². The summed E-state index contributed by atoms with van der Waals surface area (Å²) < 4.78 is 26.2. The molecule has 3 aliphatic heterocycles. The third-order valence-corrected chi connectivity index (χ3v) is 9.78. The van der Waals surface area contributed by atoms with Crippen LogP contribution in [0.5, 0.6) is 5.75 Å². The third kappa shape index (κ3) is 5.10. The zero-order valence-electron chi connectivity index (χ0n) is 20.2. The number of likely N-dealkylation sites (tertiary alicyclic amines) is 1. The Hall–Kier alpha value is -1.68. The largest absolute Gasteiger partial charge is 0.493 e. The molecule has 1 saturated carbocycles. The molecule has 0 amide bonds. The number of hydrogen-bond donors (Lipinski definition) is 2. The van der Waals surface area contributed by atoms with Crippen molar-refractivity contribution < 1.29 is 13.9 Å². The van der Waals surface area contributed by atoms with Crippen LogP contribution in [0, 0.1) is 17.2 Å². The zero-order chi connectivity index (χ0) is 23.8. The molecule has 4 heterocycles. The van der Waals surface area contributed by atoms with Gasteiger partial charge in [0.05, 0.1) is 17.9 Å². The van der Waals surface area contributed by atoms with Crippen LogP contribution in [0.2, 0.25) is 0 Å². The van der Waals surface area contributed by atoms with E-state index in [1.54, 1.807) is 17.8 Å². The molecule has 1 aliphatic carbocycles. The summed E-state index contributed by atoms with van der Waals surface area (Å²) in [5, 5.41) is 3.93. The highest BCUT2D eigenvalue weighted by atomic mass is 32.2. The molecule has 2 N–H and O–H groups in total. The molecule has 1 aromatic carbocycles. The van der Waals surface area contributed by atoms with Gasteiger partial charge in [0.15, 0.2) is 0 Å². The number of halogens is 1. The van der Waals surface area contributed by atoms with Crippen LogP contribution >= 0.6 is 11.8 Å². The normalized spacial score (nSPS) is 23.9. The van der Waals surface area contributed by atoms with Crippen molar-refractivity contribution in [2.24, 2.45) is 11.3 Å². The Kier molecular flexibility index (Phi) is 6.77. The number of thioether (sulfide) groups is 1. The van der Waals surface area contributed by atoms with E-state index in [0.717, 1.165) is 58.0 Å². The number of aromatic nitrogens is 2. The summed E-state index contributed by atoms with van der Waals surface area (Å²) in [5.74, 6) is 1.53. The van der Waals surface area contributed by atoms with E-state index in [9.17, 15) is 9.18 Å². The van der Waals surface area contributed by atoms with Crippen molar-refractivity contribution in [1.29, 1.82) is 0 Å². The molecule has 2 aromatic rings. The lowest BCUT2D eigenvalue weighted by Crippen LogP contribution is -2.65. The maximum atomic E-state index is 14.8. The molecule has 4 aliphatic rings. The highest BCUT2D eigenvalue weighted by molar-refractivity contribution is 7.99. The molecule has 0 bridgehead atoms. The average Bonchev–Trinajstić information content (AvgIpc) is 2.81. The van der Waals surface area contributed by atoms with E-state index in [1.807, 2.05) is 0 Å². The first-order chi connectivity index (χ1) is 17.1. The summed E-state index contributed by atoms with van der Waals surface area (Å²) in [6.07, 6.45) is 6.94. The number of piperidine rings is 1. The summed E-state index contributed by atoms with van der Waals surface area (Å²) in [6, 6.07) is 3.80. The van der Waals surface area contributed by atoms with Gasteiger partial charge in [-0.2, -0.15) is 11.8 Å². The molecule has 0 atom stereocenters. The Balaban J connectivity index is 1.04. The van der Waals surface area contributed by atoms with E-state index in [1.165, 1.54) is 32.0 Å². The molecule has 0 unspecified atom stereocenters. The van der Waals surface area contributed by atoms with Gasteiger partial charge in [-0.25, -0.2) is 9.37 Å². The fourth-order valence-corrected chi connectivity index (χ4v) is 7.16. The standard InChI is InChI=1S/C26H35FN4O3S/c27-21-9-19(34-13-17-1-5-31(6-2-17)18-11-26(12-18)15-28-16-26)10-22-24(21)25(32)30-23(29-22)14-35-20-3-7-33-8-4-20/h9-10,17-18,20,28H,1-8,11-16H2,(H,29,30,32). The molecular formula is C26H35FN4O3S. The number of ether oxygens (including phenoxy) is 2. The van der Waals surface area contributed by atoms with Gasteiger partial charge in [0.1, 0.15) is 22.8 Å². The van der Waals surface area contributed by atoms with Crippen molar-refractivity contribution in [2.75, 3.05) is 46.0 Å². The summed E-state index contributed by atoms with van der Waals surface area (Å²) in [7, 11) is 0. The maximum Gasteiger partial charge on any atom is 0.261 e. The summed E-state index contributed by atoms with van der Waals surface area (Å²) >= 11 is 1.77. The number of nitrogens with zero attached hydrogens (tertiary/aromatic N) is 2. The van der Waals surface area contributed by atoms with Crippen LogP contribution in [0.4, 0.5) is 4.39 Å². The molecule has 1 aromatic heterocycles. The molecule has 35 heavy (non-hydrogen) atoms. The second-order valence-electron chi connectivity index (χ2n) is 10.9. The van der Waals surface area contributed by atoms with Crippen molar-refractivity contribution in [3.8, 4) is 5.75 Å². The first-order valence-electron chi connectivity index (χ1n) is 13.1. The number of hydrogen-bond acceptors (Lipinski definition) is 7. The van der Waals surface area contributed by atoms with Crippen molar-refractivity contribution >= 4 is 22.7 Å². The van der Waals surface area contributed by atoms with Crippen molar-refractivity contribution in [3.63, 3.8) is 0 Å².